The lowest BCUT2D eigenvalue weighted by Gasteiger charge is -2.28. The smallest absolute Gasteiger partial charge is 0.230 e. The molecule has 0 bridgehead atoms. The van der Waals surface area contributed by atoms with E-state index in [4.69, 9.17) is 15.7 Å². The van der Waals surface area contributed by atoms with Gasteiger partial charge in [0.1, 0.15) is 5.84 Å². The number of nitrogens with two attached hydrogens (primary N) is 1. The lowest BCUT2D eigenvalue weighted by atomic mass is 10.2. The number of rotatable bonds is 7. The molecule has 0 aliphatic heterocycles. The number of amidine groups is 1. The van der Waals surface area contributed by atoms with Crippen molar-refractivity contribution in [2.45, 2.75) is 32.7 Å². The van der Waals surface area contributed by atoms with Crippen molar-refractivity contribution < 1.29 is 14.7 Å². The predicted molar refractivity (Wildman–Crippen MR) is 61.4 cm³/mol. The van der Waals surface area contributed by atoms with Crippen LogP contribution >= 0.6 is 0 Å². The summed E-state index contributed by atoms with van der Waals surface area (Å²) < 4.78 is 4.94. The number of ether oxygens (including phenoxy) is 1. The van der Waals surface area contributed by atoms with E-state index in [1.54, 1.807) is 12.0 Å². The van der Waals surface area contributed by atoms with Gasteiger partial charge in [-0.15, -0.1) is 0 Å². The van der Waals surface area contributed by atoms with E-state index < -0.39 is 0 Å². The van der Waals surface area contributed by atoms with E-state index in [0.717, 1.165) is 6.42 Å². The first-order chi connectivity index (χ1) is 7.56. The van der Waals surface area contributed by atoms with Crippen LogP contribution < -0.4 is 5.73 Å². The number of carbonyl (C=O) groups is 1. The highest BCUT2D eigenvalue weighted by molar-refractivity contribution is 5.98. The molecule has 0 fully saturated rings. The van der Waals surface area contributed by atoms with Crippen molar-refractivity contribution in [3.8, 4) is 0 Å². The van der Waals surface area contributed by atoms with Gasteiger partial charge in [0.15, 0.2) is 0 Å². The van der Waals surface area contributed by atoms with Gasteiger partial charge in [0, 0.05) is 19.7 Å². The Morgan fingerprint density at radius 3 is 2.69 bits per heavy atom. The van der Waals surface area contributed by atoms with Crippen LogP contribution in [0.5, 0.6) is 0 Å². The average molecular weight is 231 g/mol. The molecule has 0 saturated heterocycles. The Kier molecular flexibility index (Phi) is 7.28. The second kappa shape index (κ2) is 7.92. The van der Waals surface area contributed by atoms with Gasteiger partial charge in [-0.1, -0.05) is 12.1 Å². The van der Waals surface area contributed by atoms with E-state index in [1.807, 2.05) is 13.8 Å². The van der Waals surface area contributed by atoms with Crippen LogP contribution in [0.2, 0.25) is 0 Å². The first-order valence-electron chi connectivity index (χ1n) is 5.31. The molecule has 0 aliphatic carbocycles. The fraction of sp³-hybridized carbons (Fsp3) is 0.800. The standard InChI is InChI=1S/C10H21N3O3/c1-4-8(2)13(5-6-16-3)10(14)7-9(11)12-15/h8,15H,4-7H2,1-3H3,(H2,11,12). The summed E-state index contributed by atoms with van der Waals surface area (Å²) in [5, 5.41) is 11.2. The van der Waals surface area contributed by atoms with Crippen LogP contribution in [0.25, 0.3) is 0 Å². The van der Waals surface area contributed by atoms with E-state index in [1.165, 1.54) is 0 Å². The number of oxime groups is 1. The Bertz CT molecular complexity index is 243. The highest BCUT2D eigenvalue weighted by atomic mass is 16.5. The normalized spacial score (nSPS) is 13.6. The lowest BCUT2D eigenvalue weighted by Crippen LogP contribution is -2.42. The zero-order chi connectivity index (χ0) is 12.6. The van der Waals surface area contributed by atoms with Gasteiger partial charge in [-0.3, -0.25) is 4.79 Å². The van der Waals surface area contributed by atoms with Crippen LogP contribution in [-0.4, -0.2) is 48.2 Å². The Labute approximate surface area is 96.0 Å². The Balaban J connectivity index is 4.43. The molecule has 0 saturated carbocycles. The summed E-state index contributed by atoms with van der Waals surface area (Å²) in [6.45, 7) is 4.95. The molecular weight excluding hydrogens is 210 g/mol. The molecule has 0 aromatic carbocycles. The molecule has 0 heterocycles. The average Bonchev–Trinajstić information content (AvgIpc) is 2.28. The van der Waals surface area contributed by atoms with Gasteiger partial charge in [-0.2, -0.15) is 0 Å². The van der Waals surface area contributed by atoms with Crippen LogP contribution in [0.1, 0.15) is 26.7 Å². The number of nitrogens with zero attached hydrogens (tertiary/aromatic N) is 2. The molecule has 1 atom stereocenters. The van der Waals surface area contributed by atoms with E-state index in [-0.39, 0.29) is 24.2 Å². The molecule has 6 heteroatoms. The van der Waals surface area contributed by atoms with Gasteiger partial charge < -0.3 is 20.6 Å². The summed E-state index contributed by atoms with van der Waals surface area (Å²) in [5.74, 6) is -0.225. The molecular formula is C10H21N3O3. The maximum atomic E-state index is 11.8. The minimum absolute atomic E-state index is 0.0649. The monoisotopic (exact) mass is 231 g/mol. The second-order valence-corrected chi connectivity index (χ2v) is 3.61. The molecule has 0 aliphatic rings. The molecule has 3 N–H and O–H groups in total. The van der Waals surface area contributed by atoms with Gasteiger partial charge in [0.2, 0.25) is 5.91 Å². The van der Waals surface area contributed by atoms with Crippen molar-refractivity contribution in [3.63, 3.8) is 0 Å². The largest absolute Gasteiger partial charge is 0.409 e. The number of hydrogen-bond donors (Lipinski definition) is 2. The fourth-order valence-electron chi connectivity index (χ4n) is 1.29. The van der Waals surface area contributed by atoms with Gasteiger partial charge in [-0.05, 0) is 13.3 Å². The molecule has 6 nitrogen and oxygen atoms in total. The van der Waals surface area contributed by atoms with Crippen LogP contribution in [-0.2, 0) is 9.53 Å². The first kappa shape index (κ1) is 14.7. The van der Waals surface area contributed by atoms with Crippen molar-refractivity contribution in [3.05, 3.63) is 0 Å². The lowest BCUT2D eigenvalue weighted by molar-refractivity contribution is -0.132. The molecule has 1 amide bonds. The molecule has 1 unspecified atom stereocenters. The summed E-state index contributed by atoms with van der Waals surface area (Å²) in [5.41, 5.74) is 5.30. The molecule has 0 rings (SSSR count). The topological polar surface area (TPSA) is 88.2 Å². The fourth-order valence-corrected chi connectivity index (χ4v) is 1.29. The number of hydrogen-bond acceptors (Lipinski definition) is 4. The van der Waals surface area contributed by atoms with Crippen LogP contribution in [0.4, 0.5) is 0 Å². The van der Waals surface area contributed by atoms with Crippen molar-refractivity contribution in [1.29, 1.82) is 0 Å². The van der Waals surface area contributed by atoms with Crippen molar-refractivity contribution in [2.75, 3.05) is 20.3 Å². The van der Waals surface area contributed by atoms with E-state index in [2.05, 4.69) is 5.16 Å². The molecule has 0 aromatic rings. The minimum Gasteiger partial charge on any atom is -0.409 e. The van der Waals surface area contributed by atoms with E-state index in [9.17, 15) is 4.79 Å². The van der Waals surface area contributed by atoms with Crippen molar-refractivity contribution >= 4 is 11.7 Å². The third-order valence-electron chi connectivity index (χ3n) is 2.44. The van der Waals surface area contributed by atoms with Crippen molar-refractivity contribution in [1.82, 2.24) is 4.90 Å². The van der Waals surface area contributed by atoms with Crippen LogP contribution in [0.15, 0.2) is 5.16 Å². The third-order valence-corrected chi connectivity index (χ3v) is 2.44. The maximum Gasteiger partial charge on any atom is 0.230 e. The van der Waals surface area contributed by atoms with Gasteiger partial charge in [0.05, 0.1) is 13.0 Å². The Morgan fingerprint density at radius 1 is 1.62 bits per heavy atom. The number of carbonyl (C=O) groups excluding carboxylic acids is 1. The molecule has 0 spiro atoms. The van der Waals surface area contributed by atoms with Crippen LogP contribution in [0.3, 0.4) is 0 Å². The van der Waals surface area contributed by atoms with Gasteiger partial charge in [-0.25, -0.2) is 0 Å². The summed E-state index contributed by atoms with van der Waals surface area (Å²) >= 11 is 0. The maximum absolute atomic E-state index is 11.8. The highest BCUT2D eigenvalue weighted by Gasteiger charge is 2.19. The summed E-state index contributed by atoms with van der Waals surface area (Å²) in [4.78, 5) is 13.5. The quantitative estimate of drug-likeness (QED) is 0.287. The summed E-state index contributed by atoms with van der Waals surface area (Å²) in [6.07, 6.45) is 0.788. The Morgan fingerprint density at radius 2 is 2.25 bits per heavy atom. The highest BCUT2D eigenvalue weighted by Crippen LogP contribution is 2.05. The van der Waals surface area contributed by atoms with E-state index >= 15 is 0 Å². The zero-order valence-corrected chi connectivity index (χ0v) is 10.1. The zero-order valence-electron chi connectivity index (χ0n) is 10.1. The Hall–Kier alpha value is -1.30. The number of amides is 1. The van der Waals surface area contributed by atoms with Crippen molar-refractivity contribution in [2.24, 2.45) is 10.9 Å². The predicted octanol–water partition coefficient (Wildman–Crippen LogP) is 0.396. The molecule has 0 aromatic heterocycles. The molecule has 0 radical (unpaired) electrons. The van der Waals surface area contributed by atoms with Gasteiger partial charge >= 0.3 is 0 Å². The second-order valence-electron chi connectivity index (χ2n) is 3.61. The molecule has 16 heavy (non-hydrogen) atoms. The van der Waals surface area contributed by atoms with E-state index in [0.29, 0.717) is 13.2 Å². The molecule has 94 valence electrons. The van der Waals surface area contributed by atoms with Crippen LogP contribution in [0, 0.1) is 0 Å². The minimum atomic E-state index is -0.151. The number of methoxy groups -OCH3 is 1. The SMILES string of the molecule is CCC(C)N(CCOC)C(=O)CC(N)=NO. The van der Waals surface area contributed by atoms with Gasteiger partial charge in [0.25, 0.3) is 0 Å². The summed E-state index contributed by atoms with van der Waals surface area (Å²) in [7, 11) is 1.59. The summed E-state index contributed by atoms with van der Waals surface area (Å²) in [6, 6.07) is 0.120. The first-order valence-corrected chi connectivity index (χ1v) is 5.31. The third kappa shape index (κ3) is 4.97.